The number of nitrogens with one attached hydrogen (secondary N) is 1. The van der Waals surface area contributed by atoms with Crippen molar-refractivity contribution in [2.24, 2.45) is 0 Å². The van der Waals surface area contributed by atoms with E-state index in [2.05, 4.69) is 5.32 Å². The molecule has 1 aromatic heterocycles. The lowest BCUT2D eigenvalue weighted by molar-refractivity contribution is -0.117. The molecule has 1 N–H and O–H groups in total. The Balaban J connectivity index is 1.41. The van der Waals surface area contributed by atoms with Gasteiger partial charge in [-0.2, -0.15) is 0 Å². The third kappa shape index (κ3) is 6.18. The van der Waals surface area contributed by atoms with Crippen LogP contribution in [0, 0.1) is 6.92 Å². The highest BCUT2D eigenvalue weighted by Crippen LogP contribution is 2.26. The van der Waals surface area contributed by atoms with E-state index in [1.807, 2.05) is 90.5 Å². The van der Waals surface area contributed by atoms with E-state index in [1.54, 1.807) is 18.1 Å². The number of amides is 2. The molecule has 0 saturated carbocycles. The van der Waals surface area contributed by atoms with E-state index < -0.39 is 0 Å². The fourth-order valence-corrected chi connectivity index (χ4v) is 4.73. The Morgan fingerprint density at radius 3 is 2.49 bits per heavy atom. The second-order valence-electron chi connectivity index (χ2n) is 9.57. The number of hydrogen-bond acceptors (Lipinski definition) is 5. The summed E-state index contributed by atoms with van der Waals surface area (Å²) in [5.74, 6) is 0.597. The molecule has 1 aliphatic heterocycles. The lowest BCUT2D eigenvalue weighted by Crippen LogP contribution is -2.42. The largest absolute Gasteiger partial charge is 0.497 e. The topological polar surface area (TPSA) is 85.7 Å². The van der Waals surface area contributed by atoms with E-state index >= 15 is 0 Å². The number of carbonyl (C=O) groups is 2. The summed E-state index contributed by atoms with van der Waals surface area (Å²) in [4.78, 5) is 33.3. The Labute approximate surface area is 228 Å². The summed E-state index contributed by atoms with van der Waals surface area (Å²) in [5, 5.41) is 2.95. The molecular weight excluding hydrogens is 492 g/mol. The van der Waals surface area contributed by atoms with Gasteiger partial charge in [-0.25, -0.2) is 4.98 Å². The standard InChI is InChI=1S/C31H32N4O4/c1-22-9-6-7-13-27(22)30(37)34(19-26-12-8-18-39-26)21-29(36)33-31-32-28(23-14-16-25(38-2)17-15-23)20-35(31)24-10-4-3-5-11-24/h3-7,9-11,13-17,20,26H,8,12,18-19,21H2,1-2H3,(H,32,33,36)/t26-/m0/s1. The molecule has 1 atom stereocenters. The summed E-state index contributed by atoms with van der Waals surface area (Å²) in [6.07, 6.45) is 3.61. The predicted molar refractivity (Wildman–Crippen MR) is 150 cm³/mol. The number of rotatable bonds is 9. The van der Waals surface area contributed by atoms with Gasteiger partial charge in [0.05, 0.1) is 18.9 Å². The van der Waals surface area contributed by atoms with Gasteiger partial charge < -0.3 is 14.4 Å². The van der Waals surface area contributed by atoms with Crippen LogP contribution in [0.3, 0.4) is 0 Å². The number of benzene rings is 3. The molecule has 0 spiro atoms. The van der Waals surface area contributed by atoms with Crippen molar-refractivity contribution in [2.75, 3.05) is 32.1 Å². The van der Waals surface area contributed by atoms with Gasteiger partial charge in [0.25, 0.3) is 5.91 Å². The first-order chi connectivity index (χ1) is 19.0. The maximum Gasteiger partial charge on any atom is 0.254 e. The fourth-order valence-electron chi connectivity index (χ4n) is 4.73. The van der Waals surface area contributed by atoms with Gasteiger partial charge in [-0.15, -0.1) is 0 Å². The molecule has 2 amide bonds. The Morgan fingerprint density at radius 2 is 1.79 bits per heavy atom. The van der Waals surface area contributed by atoms with E-state index in [0.717, 1.165) is 35.4 Å². The van der Waals surface area contributed by atoms with Crippen molar-refractivity contribution in [1.82, 2.24) is 14.5 Å². The van der Waals surface area contributed by atoms with Crippen LogP contribution in [0.25, 0.3) is 16.9 Å². The molecule has 4 aromatic rings. The highest BCUT2D eigenvalue weighted by molar-refractivity contribution is 6.00. The molecule has 0 bridgehead atoms. The Morgan fingerprint density at radius 1 is 1.05 bits per heavy atom. The predicted octanol–water partition coefficient (Wildman–Crippen LogP) is 5.12. The van der Waals surface area contributed by atoms with Crippen molar-refractivity contribution >= 4 is 17.8 Å². The maximum absolute atomic E-state index is 13.5. The number of carbonyl (C=O) groups excluding carboxylic acids is 2. The molecule has 5 rings (SSSR count). The molecule has 3 aromatic carbocycles. The average molecular weight is 525 g/mol. The number of aromatic nitrogens is 2. The van der Waals surface area contributed by atoms with E-state index in [0.29, 0.717) is 30.4 Å². The lowest BCUT2D eigenvalue weighted by Gasteiger charge is -2.25. The number of methoxy groups -OCH3 is 1. The van der Waals surface area contributed by atoms with Crippen LogP contribution < -0.4 is 10.1 Å². The van der Waals surface area contributed by atoms with Gasteiger partial charge in [0.2, 0.25) is 11.9 Å². The van der Waals surface area contributed by atoms with E-state index in [9.17, 15) is 9.59 Å². The first-order valence-corrected chi connectivity index (χ1v) is 13.1. The zero-order chi connectivity index (χ0) is 27.2. The van der Waals surface area contributed by atoms with Crippen molar-refractivity contribution < 1.29 is 19.1 Å². The highest BCUT2D eigenvalue weighted by Gasteiger charge is 2.26. The summed E-state index contributed by atoms with van der Waals surface area (Å²) < 4.78 is 12.9. The molecule has 1 aliphatic rings. The molecule has 200 valence electrons. The quantitative estimate of drug-likeness (QED) is 0.329. The van der Waals surface area contributed by atoms with Crippen LogP contribution in [0.4, 0.5) is 5.95 Å². The van der Waals surface area contributed by atoms with Crippen LogP contribution in [-0.2, 0) is 9.53 Å². The summed E-state index contributed by atoms with van der Waals surface area (Å²) >= 11 is 0. The van der Waals surface area contributed by atoms with E-state index in [-0.39, 0.29) is 24.5 Å². The minimum absolute atomic E-state index is 0.0845. The Hall–Kier alpha value is -4.43. The first kappa shape index (κ1) is 26.2. The van der Waals surface area contributed by atoms with Gasteiger partial charge in [0, 0.05) is 36.2 Å². The van der Waals surface area contributed by atoms with Gasteiger partial charge in [-0.1, -0.05) is 36.4 Å². The average Bonchev–Trinajstić information content (AvgIpc) is 3.63. The number of hydrogen-bond donors (Lipinski definition) is 1. The molecule has 2 heterocycles. The molecule has 8 heteroatoms. The summed E-state index contributed by atoms with van der Waals surface area (Å²) in [6, 6.07) is 24.7. The van der Waals surface area contributed by atoms with Gasteiger partial charge in [-0.05, 0) is 67.8 Å². The number of anilines is 1. The van der Waals surface area contributed by atoms with Crippen LogP contribution in [0.2, 0.25) is 0 Å². The van der Waals surface area contributed by atoms with Crippen molar-refractivity contribution in [3.8, 4) is 22.7 Å². The minimum atomic E-state index is -0.334. The smallest absolute Gasteiger partial charge is 0.254 e. The third-order valence-corrected chi connectivity index (χ3v) is 6.82. The summed E-state index contributed by atoms with van der Waals surface area (Å²) in [5.41, 5.74) is 3.88. The molecule has 8 nitrogen and oxygen atoms in total. The second-order valence-corrected chi connectivity index (χ2v) is 9.57. The van der Waals surface area contributed by atoms with Gasteiger partial charge in [-0.3, -0.25) is 19.5 Å². The van der Waals surface area contributed by atoms with Gasteiger partial charge >= 0.3 is 0 Å². The number of ether oxygens (including phenoxy) is 2. The minimum Gasteiger partial charge on any atom is -0.497 e. The molecule has 0 unspecified atom stereocenters. The van der Waals surface area contributed by atoms with E-state index in [1.165, 1.54) is 0 Å². The zero-order valence-corrected chi connectivity index (χ0v) is 22.2. The number of imidazole rings is 1. The molecule has 1 fully saturated rings. The molecule has 0 radical (unpaired) electrons. The zero-order valence-electron chi connectivity index (χ0n) is 22.2. The van der Waals surface area contributed by atoms with Crippen LogP contribution in [-0.4, -0.2) is 59.2 Å². The van der Waals surface area contributed by atoms with Crippen LogP contribution in [0.15, 0.2) is 85.1 Å². The first-order valence-electron chi connectivity index (χ1n) is 13.1. The third-order valence-electron chi connectivity index (χ3n) is 6.82. The maximum atomic E-state index is 13.5. The summed E-state index contributed by atoms with van der Waals surface area (Å²) in [7, 11) is 1.62. The monoisotopic (exact) mass is 524 g/mol. The van der Waals surface area contributed by atoms with Crippen molar-refractivity contribution in [3.05, 3.63) is 96.2 Å². The van der Waals surface area contributed by atoms with Crippen LogP contribution in [0.1, 0.15) is 28.8 Å². The van der Waals surface area contributed by atoms with Crippen LogP contribution in [0.5, 0.6) is 5.75 Å². The van der Waals surface area contributed by atoms with E-state index in [4.69, 9.17) is 14.5 Å². The summed E-state index contributed by atoms with van der Waals surface area (Å²) in [6.45, 7) is 2.80. The fraction of sp³-hybridized carbons (Fsp3) is 0.258. The van der Waals surface area contributed by atoms with Gasteiger partial charge in [0.1, 0.15) is 12.3 Å². The normalized spacial score (nSPS) is 14.7. The molecule has 0 aliphatic carbocycles. The number of aryl methyl sites for hydroxylation is 1. The molecular formula is C31H32N4O4. The van der Waals surface area contributed by atoms with Crippen molar-refractivity contribution in [3.63, 3.8) is 0 Å². The second kappa shape index (κ2) is 12.0. The lowest BCUT2D eigenvalue weighted by atomic mass is 10.1. The SMILES string of the molecule is COc1ccc(-c2cn(-c3ccccc3)c(NC(=O)CN(C[C@@H]3CCCO3)C(=O)c3ccccc3C)n2)cc1. The Kier molecular flexibility index (Phi) is 8.03. The molecule has 39 heavy (non-hydrogen) atoms. The molecule has 1 saturated heterocycles. The van der Waals surface area contributed by atoms with Crippen molar-refractivity contribution in [1.29, 1.82) is 0 Å². The van der Waals surface area contributed by atoms with Crippen LogP contribution >= 0.6 is 0 Å². The highest BCUT2D eigenvalue weighted by atomic mass is 16.5. The Bertz CT molecular complexity index is 1430. The van der Waals surface area contributed by atoms with Gasteiger partial charge in [0.15, 0.2) is 0 Å². The number of para-hydroxylation sites is 1. The van der Waals surface area contributed by atoms with Crippen molar-refractivity contribution in [2.45, 2.75) is 25.9 Å². The number of nitrogens with zero attached hydrogens (tertiary/aromatic N) is 3.